The maximum absolute atomic E-state index is 5.55. The molecule has 3 heteroatoms. The Labute approximate surface area is 78.8 Å². The highest BCUT2D eigenvalue weighted by Crippen LogP contribution is 2.18. The second-order valence-electron chi connectivity index (χ2n) is 2.60. The van der Waals surface area contributed by atoms with Gasteiger partial charge in [0.05, 0.1) is 5.44 Å². The third kappa shape index (κ3) is 2.33. The van der Waals surface area contributed by atoms with Crippen LogP contribution in [0, 0.1) is 0 Å². The van der Waals surface area contributed by atoms with E-state index in [-0.39, 0.29) is 0 Å². The number of para-hydroxylation sites is 1. The molecule has 0 aliphatic heterocycles. The summed E-state index contributed by atoms with van der Waals surface area (Å²) in [5.41, 5.74) is 1.11. The average Bonchev–Trinajstić information content (AvgIpc) is 2.69. The van der Waals surface area contributed by atoms with E-state index in [4.69, 9.17) is 4.52 Å². The number of H-pyrrole nitrogens is 1. The van der Waals surface area contributed by atoms with Gasteiger partial charge < -0.3 is 9.51 Å². The molecule has 1 atom stereocenters. The Morgan fingerprint density at radius 1 is 1.00 bits per heavy atom. The molecule has 0 radical (unpaired) electrons. The van der Waals surface area contributed by atoms with Crippen molar-refractivity contribution in [3.63, 3.8) is 0 Å². The quantitative estimate of drug-likeness (QED) is 0.740. The highest BCUT2D eigenvalue weighted by atomic mass is 31.1. The van der Waals surface area contributed by atoms with Crippen molar-refractivity contribution in [3.8, 4) is 5.75 Å². The van der Waals surface area contributed by atoms with Crippen molar-refractivity contribution >= 4 is 14.2 Å². The molecule has 2 rings (SSSR count). The standard InChI is InChI=1S/C10H10NOP/c1-2-5-9(6-3-1)12-13-10-7-4-8-11-10/h1-8,11,13H. The Morgan fingerprint density at radius 2 is 1.85 bits per heavy atom. The van der Waals surface area contributed by atoms with Gasteiger partial charge in [-0.15, -0.1) is 0 Å². The summed E-state index contributed by atoms with van der Waals surface area (Å²) in [6.45, 7) is 0. The van der Waals surface area contributed by atoms with Crippen LogP contribution in [0.4, 0.5) is 0 Å². The molecule has 13 heavy (non-hydrogen) atoms. The Morgan fingerprint density at radius 3 is 2.54 bits per heavy atom. The number of aromatic nitrogens is 1. The van der Waals surface area contributed by atoms with Crippen LogP contribution in [0.1, 0.15) is 0 Å². The second kappa shape index (κ2) is 4.11. The zero-order valence-electron chi connectivity index (χ0n) is 7.03. The van der Waals surface area contributed by atoms with Crippen molar-refractivity contribution in [2.24, 2.45) is 0 Å². The molecule has 2 nitrogen and oxygen atoms in total. The molecule has 1 aromatic heterocycles. The topological polar surface area (TPSA) is 25.0 Å². The molecule has 0 aliphatic rings. The van der Waals surface area contributed by atoms with E-state index in [2.05, 4.69) is 4.98 Å². The molecule has 0 saturated heterocycles. The largest absolute Gasteiger partial charge is 0.471 e. The number of rotatable bonds is 3. The van der Waals surface area contributed by atoms with Crippen LogP contribution in [0.5, 0.6) is 5.75 Å². The van der Waals surface area contributed by atoms with E-state index in [1.54, 1.807) is 0 Å². The van der Waals surface area contributed by atoms with E-state index in [0.717, 1.165) is 11.2 Å². The highest BCUT2D eigenvalue weighted by molar-refractivity contribution is 7.42. The van der Waals surface area contributed by atoms with Gasteiger partial charge in [-0.3, -0.25) is 0 Å². The minimum absolute atomic E-state index is 0.351. The molecule has 0 amide bonds. The molecule has 0 bridgehead atoms. The summed E-state index contributed by atoms with van der Waals surface area (Å²) in [6, 6.07) is 13.8. The van der Waals surface area contributed by atoms with E-state index < -0.39 is 0 Å². The van der Waals surface area contributed by atoms with Gasteiger partial charge in [0, 0.05) is 6.20 Å². The summed E-state index contributed by atoms with van der Waals surface area (Å²) in [5.74, 6) is 0.912. The molecule has 0 spiro atoms. The molecular formula is C10H10NOP. The molecule has 1 N–H and O–H groups in total. The second-order valence-corrected chi connectivity index (χ2v) is 3.55. The summed E-state index contributed by atoms with van der Waals surface area (Å²) >= 11 is 0. The lowest BCUT2D eigenvalue weighted by molar-refractivity contribution is 0.638. The molecule has 1 heterocycles. The normalized spacial score (nSPS) is 10.8. The van der Waals surface area contributed by atoms with Gasteiger partial charge in [-0.25, -0.2) is 0 Å². The summed E-state index contributed by atoms with van der Waals surface area (Å²) in [6.07, 6.45) is 1.90. The van der Waals surface area contributed by atoms with Gasteiger partial charge >= 0.3 is 0 Å². The molecule has 2 aromatic rings. The van der Waals surface area contributed by atoms with Gasteiger partial charge in [-0.2, -0.15) is 0 Å². The zero-order chi connectivity index (χ0) is 8.93. The predicted molar refractivity (Wildman–Crippen MR) is 55.8 cm³/mol. The Kier molecular flexibility index (Phi) is 2.63. The van der Waals surface area contributed by atoms with Crippen LogP contribution in [-0.4, -0.2) is 4.98 Å². The van der Waals surface area contributed by atoms with Gasteiger partial charge in [0.1, 0.15) is 14.6 Å². The molecule has 1 aromatic carbocycles. The van der Waals surface area contributed by atoms with Crippen LogP contribution in [-0.2, 0) is 0 Å². The lowest BCUT2D eigenvalue weighted by atomic mass is 10.3. The first kappa shape index (κ1) is 8.33. The molecular weight excluding hydrogens is 181 g/mol. The van der Waals surface area contributed by atoms with Crippen molar-refractivity contribution in [2.75, 3.05) is 0 Å². The first-order valence-corrected chi connectivity index (χ1v) is 4.97. The summed E-state index contributed by atoms with van der Waals surface area (Å²) < 4.78 is 5.55. The zero-order valence-corrected chi connectivity index (χ0v) is 8.03. The van der Waals surface area contributed by atoms with Gasteiger partial charge in [-0.05, 0) is 24.3 Å². The number of benzene rings is 1. The predicted octanol–water partition coefficient (Wildman–Crippen LogP) is 2.31. The fourth-order valence-electron chi connectivity index (χ4n) is 0.996. The Balaban J connectivity index is 1.94. The fraction of sp³-hybridized carbons (Fsp3) is 0. The molecule has 0 saturated carbocycles. The Bertz CT molecular complexity index is 344. The van der Waals surface area contributed by atoms with Gasteiger partial charge in [0.25, 0.3) is 0 Å². The lowest BCUT2D eigenvalue weighted by Crippen LogP contribution is -1.95. The number of aromatic amines is 1. The average molecular weight is 191 g/mol. The number of hydrogen-bond acceptors (Lipinski definition) is 1. The minimum atomic E-state index is 0.351. The Hall–Kier alpha value is -1.27. The van der Waals surface area contributed by atoms with E-state index in [1.165, 1.54) is 0 Å². The maximum Gasteiger partial charge on any atom is 0.123 e. The van der Waals surface area contributed by atoms with Crippen LogP contribution in [0.15, 0.2) is 48.7 Å². The third-order valence-corrected chi connectivity index (χ3v) is 2.49. The van der Waals surface area contributed by atoms with Gasteiger partial charge in [-0.1, -0.05) is 18.2 Å². The number of nitrogens with one attached hydrogen (secondary N) is 1. The fourth-order valence-corrected chi connectivity index (χ4v) is 1.67. The summed E-state index contributed by atoms with van der Waals surface area (Å²) in [7, 11) is 0.351. The minimum Gasteiger partial charge on any atom is -0.471 e. The van der Waals surface area contributed by atoms with E-state index in [1.807, 2.05) is 48.7 Å². The van der Waals surface area contributed by atoms with E-state index in [0.29, 0.717) is 8.81 Å². The molecule has 1 unspecified atom stereocenters. The first-order valence-electron chi connectivity index (χ1n) is 4.06. The molecule has 66 valence electrons. The monoisotopic (exact) mass is 191 g/mol. The van der Waals surface area contributed by atoms with Crippen molar-refractivity contribution in [3.05, 3.63) is 48.7 Å². The highest BCUT2D eigenvalue weighted by Gasteiger charge is 1.94. The van der Waals surface area contributed by atoms with Crippen molar-refractivity contribution in [2.45, 2.75) is 0 Å². The van der Waals surface area contributed by atoms with Crippen LogP contribution < -0.4 is 9.96 Å². The van der Waals surface area contributed by atoms with Crippen LogP contribution in [0.3, 0.4) is 0 Å². The van der Waals surface area contributed by atoms with Crippen LogP contribution in [0.2, 0.25) is 0 Å². The first-order chi connectivity index (χ1) is 6.45. The smallest absolute Gasteiger partial charge is 0.123 e. The van der Waals surface area contributed by atoms with E-state index >= 15 is 0 Å². The number of hydrogen-bond donors (Lipinski definition) is 1. The SMILES string of the molecule is c1ccc(OPc2ccc[nH]2)cc1. The van der Waals surface area contributed by atoms with Crippen molar-refractivity contribution in [1.29, 1.82) is 0 Å². The van der Waals surface area contributed by atoms with Gasteiger partial charge in [0.15, 0.2) is 0 Å². The third-order valence-electron chi connectivity index (χ3n) is 1.62. The lowest BCUT2D eigenvalue weighted by Gasteiger charge is -2.02. The summed E-state index contributed by atoms with van der Waals surface area (Å²) in [5, 5.41) is 0. The van der Waals surface area contributed by atoms with Crippen molar-refractivity contribution in [1.82, 2.24) is 4.98 Å². The molecule has 0 aliphatic carbocycles. The van der Waals surface area contributed by atoms with Crippen LogP contribution in [0.25, 0.3) is 0 Å². The van der Waals surface area contributed by atoms with Gasteiger partial charge in [0.2, 0.25) is 0 Å². The van der Waals surface area contributed by atoms with Crippen LogP contribution >= 0.6 is 8.81 Å². The van der Waals surface area contributed by atoms with Crippen molar-refractivity contribution < 1.29 is 4.52 Å². The molecule has 0 fully saturated rings. The maximum atomic E-state index is 5.55. The summed E-state index contributed by atoms with van der Waals surface area (Å²) in [4.78, 5) is 3.09. The van der Waals surface area contributed by atoms with E-state index in [9.17, 15) is 0 Å².